The zero-order valence-electron chi connectivity index (χ0n) is 23.1. The van der Waals surface area contributed by atoms with Crippen molar-refractivity contribution in [1.82, 2.24) is 4.98 Å². The molecule has 1 aromatic heterocycles. The highest BCUT2D eigenvalue weighted by molar-refractivity contribution is 6.31. The summed E-state index contributed by atoms with van der Waals surface area (Å²) in [6, 6.07) is 15.5. The molecule has 3 aromatic rings. The fourth-order valence-corrected chi connectivity index (χ4v) is 4.84. The third-order valence-electron chi connectivity index (χ3n) is 6.81. The third-order valence-corrected chi connectivity index (χ3v) is 7.14. The van der Waals surface area contributed by atoms with Gasteiger partial charge in [-0.05, 0) is 65.4 Å². The Balaban J connectivity index is 1.68. The Hall–Kier alpha value is -3.64. The number of anilines is 2. The number of pyridine rings is 1. The van der Waals surface area contributed by atoms with E-state index in [-0.39, 0.29) is 11.8 Å². The first kappa shape index (κ1) is 26.0. The minimum absolute atomic E-state index is 0.106. The standard InChI is InChI=1S/C31H34ClN3O3/c1-34(2)27-14-12-23(13-15-27)25-10-11-26(29(32)18-25)21-35(31(37)24-7-5-4-6-8-24)28-17-22(19-33-20-28)9-16-30(36)38-3/h9-20,24H,4-8,21H2,1-3H3/b16-9+/i21D. The molecule has 4 rings (SSSR count). The maximum absolute atomic E-state index is 13.9. The minimum Gasteiger partial charge on any atom is -0.466 e. The van der Waals surface area contributed by atoms with E-state index in [2.05, 4.69) is 9.72 Å². The number of hydrogen-bond donors (Lipinski definition) is 0. The Labute approximate surface area is 231 Å². The predicted octanol–water partition coefficient (Wildman–Crippen LogP) is 6.77. The van der Waals surface area contributed by atoms with Crippen molar-refractivity contribution in [2.75, 3.05) is 31.0 Å². The van der Waals surface area contributed by atoms with Crippen LogP contribution in [0.5, 0.6) is 0 Å². The molecular formula is C31H34ClN3O3. The molecule has 0 bridgehead atoms. The lowest BCUT2D eigenvalue weighted by Gasteiger charge is -2.30. The van der Waals surface area contributed by atoms with Gasteiger partial charge in [0.25, 0.3) is 0 Å². The van der Waals surface area contributed by atoms with E-state index < -0.39 is 12.5 Å². The van der Waals surface area contributed by atoms with E-state index in [1.54, 1.807) is 24.5 Å². The van der Waals surface area contributed by atoms with Gasteiger partial charge in [-0.15, -0.1) is 0 Å². The summed E-state index contributed by atoms with van der Waals surface area (Å²) in [7, 11) is 5.30. The monoisotopic (exact) mass is 532 g/mol. The van der Waals surface area contributed by atoms with Gasteiger partial charge >= 0.3 is 5.97 Å². The molecule has 0 saturated heterocycles. The van der Waals surface area contributed by atoms with Gasteiger partial charge in [0.2, 0.25) is 5.91 Å². The molecule has 198 valence electrons. The molecule has 6 nitrogen and oxygen atoms in total. The van der Waals surface area contributed by atoms with Crippen LogP contribution in [0.1, 0.15) is 44.6 Å². The molecule has 1 saturated carbocycles. The van der Waals surface area contributed by atoms with Crippen LogP contribution in [0.3, 0.4) is 0 Å². The number of aromatic nitrogens is 1. The molecular weight excluding hydrogens is 498 g/mol. The van der Waals surface area contributed by atoms with Gasteiger partial charge in [0, 0.05) is 43.0 Å². The van der Waals surface area contributed by atoms with E-state index in [0.717, 1.165) is 48.9 Å². The number of ether oxygens (including phenoxy) is 1. The van der Waals surface area contributed by atoms with E-state index in [4.69, 9.17) is 11.6 Å². The number of rotatable bonds is 8. The molecule has 1 fully saturated rings. The van der Waals surface area contributed by atoms with Crippen molar-refractivity contribution in [3.05, 3.63) is 83.2 Å². The minimum atomic E-state index is -1.07. The van der Waals surface area contributed by atoms with E-state index in [0.29, 0.717) is 21.8 Å². The van der Waals surface area contributed by atoms with Crippen molar-refractivity contribution in [2.45, 2.75) is 38.6 Å². The lowest BCUT2D eigenvalue weighted by Crippen LogP contribution is -2.37. The summed E-state index contributed by atoms with van der Waals surface area (Å²) >= 11 is 6.77. The number of carbonyl (C=O) groups excluding carboxylic acids is 2. The molecule has 1 heterocycles. The summed E-state index contributed by atoms with van der Waals surface area (Å²) in [5.41, 5.74) is 4.68. The molecule has 1 aliphatic rings. The van der Waals surface area contributed by atoms with E-state index in [9.17, 15) is 11.0 Å². The molecule has 0 spiro atoms. The van der Waals surface area contributed by atoms with Gasteiger partial charge in [0.15, 0.2) is 0 Å². The van der Waals surface area contributed by atoms with Crippen LogP contribution in [0.2, 0.25) is 5.02 Å². The highest BCUT2D eigenvalue weighted by Gasteiger charge is 2.28. The van der Waals surface area contributed by atoms with Crippen LogP contribution in [0.25, 0.3) is 17.2 Å². The SMILES string of the molecule is [2H]C(c1ccc(-c2ccc(N(C)C)cc2)cc1Cl)N(C(=O)C1CCCCC1)c1cncc(/C=C/C(=O)OC)c1. The molecule has 1 atom stereocenters. The fourth-order valence-electron chi connectivity index (χ4n) is 4.61. The number of halogens is 1. The molecule has 38 heavy (non-hydrogen) atoms. The van der Waals surface area contributed by atoms with Crippen molar-refractivity contribution in [1.29, 1.82) is 0 Å². The summed E-state index contributed by atoms with van der Waals surface area (Å²) in [4.78, 5) is 33.3. The van der Waals surface area contributed by atoms with Gasteiger partial charge in [-0.1, -0.05) is 55.1 Å². The van der Waals surface area contributed by atoms with Crippen LogP contribution in [0.15, 0.2) is 67.0 Å². The summed E-state index contributed by atoms with van der Waals surface area (Å²) in [5, 5.41) is 0.417. The Kier molecular flexibility index (Phi) is 8.71. The Morgan fingerprint density at radius 2 is 1.74 bits per heavy atom. The number of benzene rings is 2. The van der Waals surface area contributed by atoms with Crippen LogP contribution >= 0.6 is 11.6 Å². The maximum atomic E-state index is 13.9. The highest BCUT2D eigenvalue weighted by atomic mass is 35.5. The zero-order chi connectivity index (χ0) is 27.9. The van der Waals surface area contributed by atoms with E-state index >= 15 is 0 Å². The van der Waals surface area contributed by atoms with Crippen molar-refractivity contribution >= 4 is 40.9 Å². The molecule has 0 radical (unpaired) electrons. The van der Waals surface area contributed by atoms with Crippen molar-refractivity contribution in [2.24, 2.45) is 5.92 Å². The van der Waals surface area contributed by atoms with Gasteiger partial charge in [-0.2, -0.15) is 0 Å². The first-order valence-electron chi connectivity index (χ1n) is 13.4. The first-order chi connectivity index (χ1) is 18.8. The van der Waals surface area contributed by atoms with Crippen molar-refractivity contribution in [3.63, 3.8) is 0 Å². The van der Waals surface area contributed by atoms with Gasteiger partial charge in [0.1, 0.15) is 0 Å². The van der Waals surface area contributed by atoms with E-state index in [1.807, 2.05) is 61.5 Å². The van der Waals surface area contributed by atoms with Crippen LogP contribution in [-0.2, 0) is 20.8 Å². The maximum Gasteiger partial charge on any atom is 0.330 e. The Bertz CT molecular complexity index is 1340. The number of hydrogen-bond acceptors (Lipinski definition) is 5. The molecule has 7 heteroatoms. The fraction of sp³-hybridized carbons (Fsp3) is 0.323. The van der Waals surface area contributed by atoms with Crippen LogP contribution < -0.4 is 9.80 Å². The quantitative estimate of drug-likeness (QED) is 0.237. The number of methoxy groups -OCH3 is 1. The second-order valence-electron chi connectivity index (χ2n) is 9.68. The number of esters is 1. The number of amides is 1. The summed E-state index contributed by atoms with van der Waals surface area (Å²) < 4.78 is 13.9. The van der Waals surface area contributed by atoms with Gasteiger partial charge in [-0.25, -0.2) is 4.79 Å². The molecule has 1 amide bonds. The second kappa shape index (κ2) is 12.7. The molecule has 0 N–H and O–H groups in total. The van der Waals surface area contributed by atoms with Gasteiger partial charge in [0.05, 0.1) is 26.9 Å². The van der Waals surface area contributed by atoms with Crippen LogP contribution in [-0.4, -0.2) is 38.1 Å². The summed E-state index contributed by atoms with van der Waals surface area (Å²) in [6.45, 7) is -1.07. The smallest absolute Gasteiger partial charge is 0.330 e. The number of carbonyl (C=O) groups is 2. The van der Waals surface area contributed by atoms with Crippen LogP contribution in [0, 0.1) is 5.92 Å². The lowest BCUT2D eigenvalue weighted by atomic mass is 9.88. The van der Waals surface area contributed by atoms with Crippen molar-refractivity contribution < 1.29 is 15.7 Å². The largest absolute Gasteiger partial charge is 0.466 e. The Morgan fingerprint density at radius 1 is 1.03 bits per heavy atom. The first-order valence-corrected chi connectivity index (χ1v) is 13.2. The lowest BCUT2D eigenvalue weighted by molar-refractivity contribution is -0.134. The van der Waals surface area contributed by atoms with E-state index in [1.165, 1.54) is 18.1 Å². The third kappa shape index (κ3) is 6.81. The molecule has 2 aromatic carbocycles. The normalized spacial score (nSPS) is 15.1. The molecule has 0 aliphatic heterocycles. The average Bonchev–Trinajstić information content (AvgIpc) is 2.96. The average molecular weight is 533 g/mol. The second-order valence-corrected chi connectivity index (χ2v) is 10.1. The highest BCUT2D eigenvalue weighted by Crippen LogP contribution is 2.32. The van der Waals surface area contributed by atoms with Gasteiger partial charge in [-0.3, -0.25) is 9.78 Å². The zero-order valence-corrected chi connectivity index (χ0v) is 22.8. The molecule has 1 unspecified atom stereocenters. The Morgan fingerprint density at radius 3 is 2.39 bits per heavy atom. The number of nitrogens with zero attached hydrogens (tertiary/aromatic N) is 3. The summed E-state index contributed by atoms with van der Waals surface area (Å²) in [5.74, 6) is -0.753. The molecule has 1 aliphatic carbocycles. The predicted molar refractivity (Wildman–Crippen MR) is 154 cm³/mol. The van der Waals surface area contributed by atoms with Crippen molar-refractivity contribution in [3.8, 4) is 11.1 Å². The van der Waals surface area contributed by atoms with Crippen LogP contribution in [0.4, 0.5) is 11.4 Å². The summed E-state index contributed by atoms with van der Waals surface area (Å²) in [6.07, 6.45) is 10.7. The van der Waals surface area contributed by atoms with Gasteiger partial charge < -0.3 is 14.5 Å². The topological polar surface area (TPSA) is 62.7 Å².